The number of carboxylic acid groups (broad SMARTS) is 1. The monoisotopic (exact) mass is 492 g/mol. The number of aliphatic carboxylic acids is 1. The smallest absolute Gasteiger partial charge is 0.407 e. The first kappa shape index (κ1) is 26.1. The van der Waals surface area contributed by atoms with E-state index in [9.17, 15) is 27.6 Å². The topological polar surface area (TPSA) is 105 Å². The van der Waals surface area contributed by atoms with Gasteiger partial charge in [0, 0.05) is 5.92 Å². The Morgan fingerprint density at radius 3 is 1.97 bits per heavy atom. The summed E-state index contributed by atoms with van der Waals surface area (Å²) in [6, 6.07) is 12.1. The number of hydrogen-bond donors (Lipinski definition) is 3. The number of carbonyl (C=O) groups is 3. The summed E-state index contributed by atoms with van der Waals surface area (Å²) in [4.78, 5) is 36.4. The van der Waals surface area contributed by atoms with E-state index in [2.05, 4.69) is 5.32 Å². The first-order valence-corrected chi connectivity index (χ1v) is 11.2. The zero-order chi connectivity index (χ0) is 25.8. The average Bonchev–Trinajstić information content (AvgIpc) is 3.09. The van der Waals surface area contributed by atoms with Crippen molar-refractivity contribution < 1.29 is 37.4 Å². The Kier molecular flexibility index (Phi) is 8.03. The van der Waals surface area contributed by atoms with E-state index in [1.807, 2.05) is 53.8 Å². The largest absolute Gasteiger partial charge is 0.480 e. The van der Waals surface area contributed by atoms with E-state index in [1.165, 1.54) is 0 Å². The lowest BCUT2D eigenvalue weighted by atomic mass is 9.98. The average molecular weight is 492 g/mol. The Morgan fingerprint density at radius 1 is 0.943 bits per heavy atom. The van der Waals surface area contributed by atoms with Crippen LogP contribution in [0.25, 0.3) is 11.1 Å². The quantitative estimate of drug-likeness (QED) is 0.479. The van der Waals surface area contributed by atoms with Crippen LogP contribution in [0.15, 0.2) is 48.5 Å². The molecule has 1 aliphatic rings. The molecule has 0 aliphatic heterocycles. The number of hydrogen-bond acceptors (Lipinski definition) is 4. The van der Waals surface area contributed by atoms with Crippen molar-refractivity contribution in [2.75, 3.05) is 6.61 Å². The lowest BCUT2D eigenvalue weighted by molar-refractivity contribution is -0.160. The third kappa shape index (κ3) is 6.74. The van der Waals surface area contributed by atoms with Gasteiger partial charge >= 0.3 is 18.2 Å². The Labute approximate surface area is 200 Å². The van der Waals surface area contributed by atoms with Gasteiger partial charge in [-0.1, -0.05) is 62.4 Å². The molecule has 0 heterocycles. The SMILES string of the molecule is CC(C)CC(NC(=O)OCC1c2ccccc2-c2ccccc21)C(=O)NC(CC(F)(F)F)C(=O)O. The molecule has 188 valence electrons. The Balaban J connectivity index is 1.67. The van der Waals surface area contributed by atoms with Crippen LogP contribution in [0.5, 0.6) is 0 Å². The third-order valence-electron chi connectivity index (χ3n) is 5.71. The molecule has 10 heteroatoms. The maximum Gasteiger partial charge on any atom is 0.407 e. The first-order valence-electron chi connectivity index (χ1n) is 11.2. The molecule has 3 rings (SSSR count). The van der Waals surface area contributed by atoms with Crippen molar-refractivity contribution in [1.29, 1.82) is 0 Å². The standard InChI is InChI=1S/C25H27F3N2O5/c1-14(2)11-20(22(31)29-21(23(32)33)12-25(26,27)28)30-24(34)35-13-19-17-9-5-3-7-15(17)16-8-4-6-10-18(16)19/h3-10,14,19-21H,11-13H2,1-2H3,(H,29,31)(H,30,34)(H,32,33). The van der Waals surface area contributed by atoms with Gasteiger partial charge in [-0.25, -0.2) is 9.59 Å². The first-order chi connectivity index (χ1) is 16.5. The van der Waals surface area contributed by atoms with E-state index in [0.717, 1.165) is 22.3 Å². The summed E-state index contributed by atoms with van der Waals surface area (Å²) in [5, 5.41) is 13.3. The molecule has 3 N–H and O–H groups in total. The van der Waals surface area contributed by atoms with Crippen molar-refractivity contribution in [2.24, 2.45) is 5.92 Å². The summed E-state index contributed by atoms with van der Waals surface area (Å²) >= 11 is 0. The number of nitrogens with one attached hydrogen (secondary N) is 2. The number of fused-ring (bicyclic) bond motifs is 3. The highest BCUT2D eigenvalue weighted by Crippen LogP contribution is 2.44. The number of alkyl halides is 3. The molecular weight excluding hydrogens is 465 g/mol. The number of amides is 2. The Morgan fingerprint density at radius 2 is 1.49 bits per heavy atom. The molecule has 0 fully saturated rings. The molecule has 0 radical (unpaired) electrons. The van der Waals surface area contributed by atoms with Gasteiger partial charge in [0.1, 0.15) is 18.7 Å². The summed E-state index contributed by atoms with van der Waals surface area (Å²) in [7, 11) is 0. The van der Waals surface area contributed by atoms with Crippen LogP contribution in [-0.2, 0) is 14.3 Å². The van der Waals surface area contributed by atoms with Crippen LogP contribution in [0.4, 0.5) is 18.0 Å². The van der Waals surface area contributed by atoms with Crippen LogP contribution in [0.1, 0.15) is 43.7 Å². The molecule has 1 aliphatic carbocycles. The van der Waals surface area contributed by atoms with Gasteiger partial charge in [0.25, 0.3) is 0 Å². The van der Waals surface area contributed by atoms with Crippen LogP contribution in [0, 0.1) is 5.92 Å². The second-order valence-electron chi connectivity index (χ2n) is 8.87. The van der Waals surface area contributed by atoms with E-state index >= 15 is 0 Å². The molecule has 0 saturated heterocycles. The van der Waals surface area contributed by atoms with E-state index in [0.29, 0.717) is 0 Å². The van der Waals surface area contributed by atoms with E-state index < -0.39 is 42.7 Å². The van der Waals surface area contributed by atoms with Crippen molar-refractivity contribution in [1.82, 2.24) is 10.6 Å². The Hall–Kier alpha value is -3.56. The summed E-state index contributed by atoms with van der Waals surface area (Å²) in [6.45, 7) is 3.50. The molecule has 0 bridgehead atoms. The van der Waals surface area contributed by atoms with Crippen LogP contribution in [0.2, 0.25) is 0 Å². The fourth-order valence-electron chi connectivity index (χ4n) is 4.19. The highest BCUT2D eigenvalue weighted by Gasteiger charge is 2.37. The highest BCUT2D eigenvalue weighted by atomic mass is 19.4. The minimum absolute atomic E-state index is 0.0122. The van der Waals surface area contributed by atoms with Gasteiger partial charge in [-0.05, 0) is 34.6 Å². The predicted molar refractivity (Wildman–Crippen MR) is 122 cm³/mol. The van der Waals surface area contributed by atoms with Gasteiger partial charge in [0.15, 0.2) is 0 Å². The van der Waals surface area contributed by atoms with Gasteiger partial charge in [-0.3, -0.25) is 4.79 Å². The third-order valence-corrected chi connectivity index (χ3v) is 5.71. The van der Waals surface area contributed by atoms with Crippen molar-refractivity contribution in [3.8, 4) is 11.1 Å². The maximum absolute atomic E-state index is 12.7. The minimum Gasteiger partial charge on any atom is -0.480 e. The van der Waals surface area contributed by atoms with E-state index in [-0.39, 0.29) is 24.9 Å². The fourth-order valence-corrected chi connectivity index (χ4v) is 4.19. The number of ether oxygens (including phenoxy) is 1. The molecule has 2 unspecified atom stereocenters. The van der Waals surface area contributed by atoms with Crippen LogP contribution >= 0.6 is 0 Å². The number of halogens is 3. The van der Waals surface area contributed by atoms with Crippen molar-refractivity contribution in [3.63, 3.8) is 0 Å². The molecule has 0 aromatic heterocycles. The molecule has 2 aromatic carbocycles. The zero-order valence-corrected chi connectivity index (χ0v) is 19.3. The van der Waals surface area contributed by atoms with Crippen LogP contribution in [-0.4, -0.2) is 47.9 Å². The molecule has 0 spiro atoms. The number of carbonyl (C=O) groups excluding carboxylic acids is 2. The second-order valence-corrected chi connectivity index (χ2v) is 8.87. The van der Waals surface area contributed by atoms with Crippen molar-refractivity contribution >= 4 is 18.0 Å². The number of benzene rings is 2. The van der Waals surface area contributed by atoms with Crippen molar-refractivity contribution in [2.45, 2.75) is 50.9 Å². The van der Waals surface area contributed by atoms with Gasteiger partial charge < -0.3 is 20.5 Å². The molecule has 35 heavy (non-hydrogen) atoms. The van der Waals surface area contributed by atoms with E-state index in [4.69, 9.17) is 9.84 Å². The van der Waals surface area contributed by atoms with Crippen molar-refractivity contribution in [3.05, 3.63) is 59.7 Å². The normalized spacial score (nSPS) is 14.6. The zero-order valence-electron chi connectivity index (χ0n) is 19.3. The Bertz CT molecular complexity index is 1040. The molecule has 0 saturated carbocycles. The molecule has 2 atom stereocenters. The molecule has 7 nitrogen and oxygen atoms in total. The predicted octanol–water partition coefficient (Wildman–Crippen LogP) is 4.46. The van der Waals surface area contributed by atoms with Crippen LogP contribution in [0.3, 0.4) is 0 Å². The second kappa shape index (κ2) is 10.8. The van der Waals surface area contributed by atoms with Crippen LogP contribution < -0.4 is 10.6 Å². The summed E-state index contributed by atoms with van der Waals surface area (Å²) < 4.78 is 43.5. The number of alkyl carbamates (subject to hydrolysis) is 1. The number of rotatable bonds is 9. The summed E-state index contributed by atoms with van der Waals surface area (Å²) in [5.74, 6) is -3.18. The van der Waals surface area contributed by atoms with Gasteiger partial charge in [0.05, 0.1) is 6.42 Å². The molecule has 2 amide bonds. The lowest BCUT2D eigenvalue weighted by Gasteiger charge is -2.23. The minimum atomic E-state index is -4.79. The molecule has 2 aromatic rings. The van der Waals surface area contributed by atoms with Gasteiger partial charge in [0.2, 0.25) is 5.91 Å². The van der Waals surface area contributed by atoms with Gasteiger partial charge in [-0.2, -0.15) is 13.2 Å². The maximum atomic E-state index is 12.7. The fraction of sp³-hybridized carbons (Fsp3) is 0.400. The highest BCUT2D eigenvalue weighted by molar-refractivity contribution is 5.89. The summed E-state index contributed by atoms with van der Waals surface area (Å²) in [6.07, 6.45) is -7.36. The molecular formula is C25H27F3N2O5. The summed E-state index contributed by atoms with van der Waals surface area (Å²) in [5.41, 5.74) is 4.07. The van der Waals surface area contributed by atoms with Gasteiger partial charge in [-0.15, -0.1) is 0 Å². The van der Waals surface area contributed by atoms with E-state index in [1.54, 1.807) is 13.8 Å². The lowest BCUT2D eigenvalue weighted by Crippen LogP contribution is -2.53. The number of carboxylic acids is 1.